The quantitative estimate of drug-likeness (QED) is 0.900. The molecule has 0 saturated carbocycles. The summed E-state index contributed by atoms with van der Waals surface area (Å²) in [6, 6.07) is 10.2. The average Bonchev–Trinajstić information content (AvgIpc) is 2.54. The Bertz CT molecular complexity index is 708. The summed E-state index contributed by atoms with van der Waals surface area (Å²) in [6.07, 6.45) is 1.65. The molecule has 0 fully saturated rings. The molecule has 0 saturated heterocycles. The third-order valence-corrected chi connectivity index (χ3v) is 3.63. The van der Waals surface area contributed by atoms with Gasteiger partial charge < -0.3 is 10.2 Å². The van der Waals surface area contributed by atoms with Crippen LogP contribution in [-0.4, -0.2) is 23.3 Å². The molecule has 0 bridgehead atoms. The molecule has 1 aromatic heterocycles. The molecule has 0 radical (unpaired) electrons. The number of nitrogens with one attached hydrogen (secondary N) is 1. The van der Waals surface area contributed by atoms with Crippen LogP contribution in [0.3, 0.4) is 0 Å². The van der Waals surface area contributed by atoms with Gasteiger partial charge in [0, 0.05) is 18.1 Å². The van der Waals surface area contributed by atoms with Crippen LogP contribution in [0.25, 0.3) is 0 Å². The molecule has 1 N–H and O–H groups in total. The summed E-state index contributed by atoms with van der Waals surface area (Å²) in [5.74, 6) is -0.621. The number of hydrogen-bond acceptors (Lipinski definition) is 3. The molecule has 0 spiro atoms. The predicted octanol–water partition coefficient (Wildman–Crippen LogP) is 3.06. The van der Waals surface area contributed by atoms with E-state index in [1.54, 1.807) is 36.5 Å². The van der Waals surface area contributed by atoms with Crippen LogP contribution in [0.2, 0.25) is 10.0 Å². The highest BCUT2D eigenvalue weighted by Crippen LogP contribution is 2.29. The van der Waals surface area contributed by atoms with Crippen molar-refractivity contribution in [2.24, 2.45) is 0 Å². The second kappa shape index (κ2) is 7.94. The van der Waals surface area contributed by atoms with Crippen LogP contribution in [0.15, 0.2) is 42.6 Å². The molecule has 5 nitrogen and oxygen atoms in total. The summed E-state index contributed by atoms with van der Waals surface area (Å²) < 4.78 is 0. The van der Waals surface area contributed by atoms with Crippen molar-refractivity contribution in [2.75, 3.05) is 11.4 Å². The largest absolute Gasteiger partial charge is 0.349 e. The topological polar surface area (TPSA) is 62.3 Å². The van der Waals surface area contributed by atoms with E-state index < -0.39 is 0 Å². The molecule has 0 aliphatic carbocycles. The van der Waals surface area contributed by atoms with Crippen molar-refractivity contribution in [3.8, 4) is 0 Å². The Balaban J connectivity index is 2.06. The molecule has 1 aromatic carbocycles. The lowest BCUT2D eigenvalue weighted by molar-refractivity contribution is -0.123. The van der Waals surface area contributed by atoms with E-state index in [0.29, 0.717) is 15.7 Å². The number of pyridine rings is 1. The highest BCUT2D eigenvalue weighted by atomic mass is 35.5. The van der Waals surface area contributed by atoms with E-state index in [1.807, 2.05) is 6.07 Å². The molecule has 0 aliphatic rings. The zero-order valence-corrected chi connectivity index (χ0v) is 13.9. The van der Waals surface area contributed by atoms with Gasteiger partial charge in [0.2, 0.25) is 11.8 Å². The van der Waals surface area contributed by atoms with Gasteiger partial charge in [-0.3, -0.25) is 14.6 Å². The summed E-state index contributed by atoms with van der Waals surface area (Å²) in [4.78, 5) is 29.3. The normalized spacial score (nSPS) is 10.2. The van der Waals surface area contributed by atoms with E-state index in [-0.39, 0.29) is 24.9 Å². The molecule has 2 aromatic rings. The number of anilines is 1. The summed E-state index contributed by atoms with van der Waals surface area (Å²) in [5, 5.41) is 3.50. The maximum atomic E-state index is 12.1. The Morgan fingerprint density at radius 3 is 2.65 bits per heavy atom. The Morgan fingerprint density at radius 1 is 1.22 bits per heavy atom. The number of carbonyl (C=O) groups is 2. The lowest BCUT2D eigenvalue weighted by atomic mass is 10.2. The van der Waals surface area contributed by atoms with Gasteiger partial charge in [-0.2, -0.15) is 0 Å². The van der Waals surface area contributed by atoms with Crippen LogP contribution in [0.1, 0.15) is 12.6 Å². The number of benzene rings is 1. The number of amides is 2. The van der Waals surface area contributed by atoms with Crippen LogP contribution in [-0.2, 0) is 16.1 Å². The molecular weight excluding hydrogens is 337 g/mol. The van der Waals surface area contributed by atoms with Crippen LogP contribution in [0, 0.1) is 0 Å². The van der Waals surface area contributed by atoms with Gasteiger partial charge in [0.15, 0.2) is 0 Å². The monoisotopic (exact) mass is 351 g/mol. The first kappa shape index (κ1) is 17.2. The first-order valence-electron chi connectivity index (χ1n) is 6.87. The van der Waals surface area contributed by atoms with Crippen LogP contribution in [0.4, 0.5) is 5.69 Å². The number of rotatable bonds is 5. The SMILES string of the molecule is CC(=O)N(CC(=O)NCc1ccccn1)c1cc(Cl)ccc1Cl. The summed E-state index contributed by atoms with van der Waals surface area (Å²) in [5.41, 5.74) is 1.13. The average molecular weight is 352 g/mol. The second-order valence-corrected chi connectivity index (χ2v) is 5.64. The molecule has 1 heterocycles. The van der Waals surface area contributed by atoms with Gasteiger partial charge in [-0.05, 0) is 30.3 Å². The molecule has 0 aliphatic heterocycles. The smallest absolute Gasteiger partial charge is 0.240 e. The minimum absolute atomic E-state index is 0.151. The first-order chi connectivity index (χ1) is 11.0. The number of nitrogens with zero attached hydrogens (tertiary/aromatic N) is 2. The van der Waals surface area contributed by atoms with Crippen LogP contribution in [0.5, 0.6) is 0 Å². The first-order valence-corrected chi connectivity index (χ1v) is 7.62. The van der Waals surface area contributed by atoms with Gasteiger partial charge in [0.1, 0.15) is 6.54 Å². The van der Waals surface area contributed by atoms with E-state index >= 15 is 0 Å². The summed E-state index contributed by atoms with van der Waals surface area (Å²) in [6.45, 7) is 1.50. The predicted molar refractivity (Wildman–Crippen MR) is 90.6 cm³/mol. The van der Waals surface area contributed by atoms with E-state index in [0.717, 1.165) is 5.69 Å². The lowest BCUT2D eigenvalue weighted by Crippen LogP contribution is -2.39. The van der Waals surface area contributed by atoms with E-state index in [9.17, 15) is 9.59 Å². The highest BCUT2D eigenvalue weighted by Gasteiger charge is 2.18. The van der Waals surface area contributed by atoms with Gasteiger partial charge in [-0.15, -0.1) is 0 Å². The van der Waals surface area contributed by atoms with E-state index in [4.69, 9.17) is 23.2 Å². The van der Waals surface area contributed by atoms with Crippen molar-refractivity contribution in [3.63, 3.8) is 0 Å². The van der Waals surface area contributed by atoms with Crippen molar-refractivity contribution >= 4 is 40.7 Å². The van der Waals surface area contributed by atoms with Gasteiger partial charge in [0.05, 0.1) is 22.9 Å². The maximum absolute atomic E-state index is 12.1. The maximum Gasteiger partial charge on any atom is 0.240 e. The summed E-state index contributed by atoms with van der Waals surface area (Å²) >= 11 is 12.0. The zero-order valence-electron chi connectivity index (χ0n) is 12.4. The Morgan fingerprint density at radius 2 is 2.00 bits per heavy atom. The third kappa shape index (κ3) is 4.94. The summed E-state index contributed by atoms with van der Waals surface area (Å²) in [7, 11) is 0. The fraction of sp³-hybridized carbons (Fsp3) is 0.188. The van der Waals surface area contributed by atoms with Crippen LogP contribution < -0.4 is 10.2 Å². The second-order valence-electron chi connectivity index (χ2n) is 4.80. The minimum atomic E-state index is -0.318. The van der Waals surface area contributed by atoms with Crippen molar-refractivity contribution in [3.05, 3.63) is 58.3 Å². The van der Waals surface area contributed by atoms with Crippen molar-refractivity contribution < 1.29 is 9.59 Å². The molecule has 2 rings (SSSR count). The number of hydrogen-bond donors (Lipinski definition) is 1. The van der Waals surface area contributed by atoms with E-state index in [1.165, 1.54) is 11.8 Å². The van der Waals surface area contributed by atoms with Gasteiger partial charge >= 0.3 is 0 Å². The molecule has 2 amide bonds. The molecule has 23 heavy (non-hydrogen) atoms. The standard InChI is InChI=1S/C16H15Cl2N3O2/c1-11(22)21(15-8-12(17)5-6-14(15)18)10-16(23)20-9-13-4-2-3-7-19-13/h2-8H,9-10H2,1H3,(H,20,23). The minimum Gasteiger partial charge on any atom is -0.349 e. The Labute approximate surface area is 144 Å². The van der Waals surface area contributed by atoms with Gasteiger partial charge in [-0.25, -0.2) is 0 Å². The van der Waals surface area contributed by atoms with Crippen LogP contribution >= 0.6 is 23.2 Å². The van der Waals surface area contributed by atoms with Crippen molar-refractivity contribution in [1.29, 1.82) is 0 Å². The molecule has 0 atom stereocenters. The fourth-order valence-corrected chi connectivity index (χ4v) is 2.34. The fourth-order valence-electron chi connectivity index (χ4n) is 1.95. The third-order valence-electron chi connectivity index (χ3n) is 3.07. The number of halogens is 2. The molecular formula is C16H15Cl2N3O2. The number of carbonyl (C=O) groups excluding carboxylic acids is 2. The lowest BCUT2D eigenvalue weighted by Gasteiger charge is -2.22. The van der Waals surface area contributed by atoms with Gasteiger partial charge in [-0.1, -0.05) is 29.3 Å². The van der Waals surface area contributed by atoms with Crippen molar-refractivity contribution in [1.82, 2.24) is 10.3 Å². The Kier molecular flexibility index (Phi) is 5.96. The highest BCUT2D eigenvalue weighted by molar-refractivity contribution is 6.35. The van der Waals surface area contributed by atoms with Crippen molar-refractivity contribution in [2.45, 2.75) is 13.5 Å². The molecule has 7 heteroatoms. The zero-order chi connectivity index (χ0) is 16.8. The molecule has 120 valence electrons. The van der Waals surface area contributed by atoms with E-state index in [2.05, 4.69) is 10.3 Å². The molecule has 0 unspecified atom stereocenters. The Hall–Kier alpha value is -2.11. The van der Waals surface area contributed by atoms with Gasteiger partial charge in [0.25, 0.3) is 0 Å². The number of aromatic nitrogens is 1.